The molecule has 4 nitrogen and oxygen atoms in total. The van der Waals surface area contributed by atoms with Gasteiger partial charge in [0, 0.05) is 27.9 Å². The molecule has 0 bridgehead atoms. The van der Waals surface area contributed by atoms with Crippen molar-refractivity contribution in [2.75, 3.05) is 34.5 Å². The van der Waals surface area contributed by atoms with Crippen LogP contribution in [0.25, 0.3) is 0 Å². The van der Waals surface area contributed by atoms with Gasteiger partial charge in [-0.05, 0) is 24.0 Å². The molecule has 0 heterocycles. The third-order valence-electron chi connectivity index (χ3n) is 3.14. The monoisotopic (exact) mass is 280 g/mol. The van der Waals surface area contributed by atoms with E-state index in [-0.39, 0.29) is 6.04 Å². The van der Waals surface area contributed by atoms with Crippen molar-refractivity contribution in [1.82, 2.24) is 4.90 Å². The molecular formula is C16H28N2O2. The topological polar surface area (TPSA) is 34.1 Å². The van der Waals surface area contributed by atoms with Gasteiger partial charge in [-0.2, -0.15) is 0 Å². The summed E-state index contributed by atoms with van der Waals surface area (Å²) in [4.78, 5) is 6.28. The third-order valence-corrected chi connectivity index (χ3v) is 3.14. The van der Waals surface area contributed by atoms with Crippen LogP contribution in [-0.2, 0) is 9.47 Å². The lowest BCUT2D eigenvalue weighted by Gasteiger charge is -2.33. The highest BCUT2D eigenvalue weighted by Crippen LogP contribution is 2.20. The minimum atomic E-state index is 0.145. The Bertz CT molecular complexity index is 350. The molecule has 0 radical (unpaired) electrons. The molecule has 114 valence electrons. The van der Waals surface area contributed by atoms with E-state index < -0.39 is 0 Å². The van der Waals surface area contributed by atoms with Crippen LogP contribution in [0.1, 0.15) is 13.3 Å². The fourth-order valence-electron chi connectivity index (χ4n) is 2.11. The average Bonchev–Trinajstić information content (AvgIpc) is 2.42. The number of nitrogens with zero attached hydrogens (tertiary/aromatic N) is 2. The third kappa shape index (κ3) is 6.68. The summed E-state index contributed by atoms with van der Waals surface area (Å²) in [6.07, 6.45) is 4.33. The van der Waals surface area contributed by atoms with Gasteiger partial charge in [-0.1, -0.05) is 26.7 Å². The Balaban J connectivity index is 4.90. The summed E-state index contributed by atoms with van der Waals surface area (Å²) >= 11 is 0. The smallest absolute Gasteiger partial charge is 0.0914 e. The molecular weight excluding hydrogens is 252 g/mol. The summed E-state index contributed by atoms with van der Waals surface area (Å²) in [6, 6.07) is 0.145. The van der Waals surface area contributed by atoms with E-state index in [9.17, 15) is 0 Å². The van der Waals surface area contributed by atoms with Crippen molar-refractivity contribution >= 4 is 6.34 Å². The zero-order chi connectivity index (χ0) is 15.5. The van der Waals surface area contributed by atoms with Gasteiger partial charge in [0.2, 0.25) is 0 Å². The Hall–Kier alpha value is -1.39. The molecule has 0 N–H and O–H groups in total. The van der Waals surface area contributed by atoms with Gasteiger partial charge in [-0.3, -0.25) is 0 Å². The first kappa shape index (κ1) is 18.6. The first-order valence-corrected chi connectivity index (χ1v) is 6.70. The van der Waals surface area contributed by atoms with Crippen LogP contribution >= 0.6 is 0 Å². The largest absolute Gasteiger partial charge is 0.385 e. The van der Waals surface area contributed by atoms with E-state index in [0.29, 0.717) is 18.2 Å². The molecule has 4 heteroatoms. The number of allylic oxidation sites excluding steroid dienone is 1. The Kier molecular flexibility index (Phi) is 9.68. The minimum absolute atomic E-state index is 0.145. The fraction of sp³-hybridized carbons (Fsp3) is 0.562. The van der Waals surface area contributed by atoms with Crippen molar-refractivity contribution in [1.29, 1.82) is 0 Å². The van der Waals surface area contributed by atoms with Crippen LogP contribution in [0.5, 0.6) is 0 Å². The van der Waals surface area contributed by atoms with E-state index in [0.717, 1.165) is 18.6 Å². The SMILES string of the molecule is C=CC(=C)N=CN(C)C(C(=C)COC)C(C)CCOC. The van der Waals surface area contributed by atoms with E-state index in [1.165, 1.54) is 0 Å². The average molecular weight is 280 g/mol. The highest BCUT2D eigenvalue weighted by atomic mass is 16.5. The second kappa shape index (κ2) is 10.4. The lowest BCUT2D eigenvalue weighted by atomic mass is 9.92. The number of methoxy groups -OCH3 is 2. The predicted molar refractivity (Wildman–Crippen MR) is 86.1 cm³/mol. The molecule has 0 amide bonds. The second-order valence-electron chi connectivity index (χ2n) is 4.90. The number of likely N-dealkylation sites (N-methyl/N-ethyl adjacent to an activating group) is 1. The summed E-state index contributed by atoms with van der Waals surface area (Å²) in [7, 11) is 5.37. The van der Waals surface area contributed by atoms with Crippen molar-refractivity contribution in [2.24, 2.45) is 10.9 Å². The summed E-state index contributed by atoms with van der Waals surface area (Å²) < 4.78 is 10.4. The zero-order valence-corrected chi connectivity index (χ0v) is 13.3. The second-order valence-corrected chi connectivity index (χ2v) is 4.90. The Morgan fingerprint density at radius 1 is 1.30 bits per heavy atom. The number of hydrogen-bond acceptors (Lipinski definition) is 3. The molecule has 0 aromatic rings. The molecule has 0 rings (SSSR count). The van der Waals surface area contributed by atoms with Crippen molar-refractivity contribution < 1.29 is 9.47 Å². The van der Waals surface area contributed by atoms with Crippen molar-refractivity contribution in [3.05, 3.63) is 37.1 Å². The fourth-order valence-corrected chi connectivity index (χ4v) is 2.11. The standard InChI is InChI=1S/C16H28N2O2/c1-8-15(4)17-12-18(5)16(14(3)11-20-7)13(2)9-10-19-6/h8,12-13,16H,1,3-4,9-11H2,2,5-7H3. The van der Waals surface area contributed by atoms with Gasteiger partial charge in [-0.25, -0.2) is 4.99 Å². The van der Waals surface area contributed by atoms with E-state index in [1.807, 2.05) is 11.9 Å². The Morgan fingerprint density at radius 3 is 2.45 bits per heavy atom. The molecule has 0 spiro atoms. The minimum Gasteiger partial charge on any atom is -0.385 e. The highest BCUT2D eigenvalue weighted by Gasteiger charge is 2.23. The van der Waals surface area contributed by atoms with E-state index in [4.69, 9.17) is 9.47 Å². The van der Waals surface area contributed by atoms with E-state index in [1.54, 1.807) is 26.6 Å². The van der Waals surface area contributed by atoms with Gasteiger partial charge in [0.05, 0.1) is 24.7 Å². The molecule has 2 atom stereocenters. The maximum Gasteiger partial charge on any atom is 0.0914 e. The first-order valence-electron chi connectivity index (χ1n) is 6.70. The summed E-state index contributed by atoms with van der Waals surface area (Å²) in [5, 5.41) is 0. The summed E-state index contributed by atoms with van der Waals surface area (Å²) in [5.74, 6) is 0.381. The van der Waals surface area contributed by atoms with Gasteiger partial charge in [0.1, 0.15) is 0 Å². The molecule has 0 aliphatic heterocycles. The van der Waals surface area contributed by atoms with Crippen LogP contribution in [0.15, 0.2) is 42.1 Å². The van der Waals surface area contributed by atoms with E-state index >= 15 is 0 Å². The molecule has 0 aromatic heterocycles. The summed E-state index contributed by atoms with van der Waals surface area (Å²) in [5.41, 5.74) is 1.66. The van der Waals surface area contributed by atoms with Gasteiger partial charge < -0.3 is 14.4 Å². The number of ether oxygens (including phenoxy) is 2. The maximum absolute atomic E-state index is 5.20. The Morgan fingerprint density at radius 2 is 1.95 bits per heavy atom. The lowest BCUT2D eigenvalue weighted by molar-refractivity contribution is 0.156. The van der Waals surface area contributed by atoms with Crippen LogP contribution < -0.4 is 0 Å². The van der Waals surface area contributed by atoms with Crippen molar-refractivity contribution in [3.8, 4) is 0 Å². The van der Waals surface area contributed by atoms with Crippen molar-refractivity contribution in [2.45, 2.75) is 19.4 Å². The molecule has 0 saturated carbocycles. The molecule has 0 aliphatic carbocycles. The van der Waals surface area contributed by atoms with Gasteiger partial charge >= 0.3 is 0 Å². The maximum atomic E-state index is 5.20. The lowest BCUT2D eigenvalue weighted by Crippen LogP contribution is -2.39. The van der Waals surface area contributed by atoms with E-state index in [2.05, 4.69) is 31.7 Å². The van der Waals surface area contributed by atoms with Gasteiger partial charge in [-0.15, -0.1) is 0 Å². The zero-order valence-electron chi connectivity index (χ0n) is 13.3. The van der Waals surface area contributed by atoms with Gasteiger partial charge in [0.15, 0.2) is 0 Å². The molecule has 0 fully saturated rings. The molecule has 20 heavy (non-hydrogen) atoms. The Labute approximate surface area is 123 Å². The van der Waals surface area contributed by atoms with Crippen molar-refractivity contribution in [3.63, 3.8) is 0 Å². The normalized spacial score (nSPS) is 14.0. The van der Waals surface area contributed by atoms with Crippen LogP contribution in [0.4, 0.5) is 0 Å². The van der Waals surface area contributed by atoms with Crippen LogP contribution in [0, 0.1) is 5.92 Å². The quantitative estimate of drug-likeness (QED) is 0.252. The van der Waals surface area contributed by atoms with Crippen LogP contribution in [0.2, 0.25) is 0 Å². The first-order chi connectivity index (χ1) is 9.47. The van der Waals surface area contributed by atoms with Crippen LogP contribution in [-0.4, -0.2) is 51.8 Å². The molecule has 2 unspecified atom stereocenters. The highest BCUT2D eigenvalue weighted by molar-refractivity contribution is 5.58. The summed E-state index contributed by atoms with van der Waals surface area (Å²) in [6.45, 7) is 15.0. The molecule has 0 aliphatic rings. The van der Waals surface area contributed by atoms with Crippen LogP contribution in [0.3, 0.4) is 0 Å². The van der Waals surface area contributed by atoms with Gasteiger partial charge in [0.25, 0.3) is 0 Å². The molecule has 0 saturated heterocycles. The predicted octanol–water partition coefficient (Wildman–Crippen LogP) is 2.89. The number of hydrogen-bond donors (Lipinski definition) is 0. The number of rotatable bonds is 11. The molecule has 0 aromatic carbocycles. The number of aliphatic imine (C=N–C) groups is 1.